The summed E-state index contributed by atoms with van der Waals surface area (Å²) in [5, 5.41) is 15.4. The molecule has 1 fully saturated rings. The van der Waals surface area contributed by atoms with Crippen LogP contribution in [-0.4, -0.2) is 29.3 Å². The molecule has 0 spiro atoms. The molecule has 2 N–H and O–H groups in total. The highest BCUT2D eigenvalue weighted by Crippen LogP contribution is 2.30. The summed E-state index contributed by atoms with van der Waals surface area (Å²) < 4.78 is 0. The van der Waals surface area contributed by atoms with E-state index in [4.69, 9.17) is 0 Å². The summed E-state index contributed by atoms with van der Waals surface area (Å²) in [4.78, 5) is 14.4. The lowest BCUT2D eigenvalue weighted by molar-refractivity contribution is 0.262. The van der Waals surface area contributed by atoms with Crippen LogP contribution in [0.2, 0.25) is 0 Å². The fourth-order valence-corrected chi connectivity index (χ4v) is 4.05. The second-order valence-electron chi connectivity index (χ2n) is 7.12. The van der Waals surface area contributed by atoms with Gasteiger partial charge >= 0.3 is 6.03 Å². The maximum absolute atomic E-state index is 12.2. The number of anilines is 3. The molecule has 0 saturated carbocycles. The Morgan fingerprint density at radius 3 is 2.52 bits per heavy atom. The van der Waals surface area contributed by atoms with Crippen molar-refractivity contribution < 1.29 is 4.79 Å². The van der Waals surface area contributed by atoms with E-state index in [-0.39, 0.29) is 6.03 Å². The van der Waals surface area contributed by atoms with Crippen LogP contribution in [0.5, 0.6) is 0 Å². The number of benzene rings is 1. The first-order valence-corrected chi connectivity index (χ1v) is 9.46. The first-order valence-electron chi connectivity index (χ1n) is 8.64. The van der Waals surface area contributed by atoms with Crippen LogP contribution >= 0.6 is 11.3 Å². The Labute approximate surface area is 152 Å². The molecule has 7 heteroatoms. The number of rotatable bonds is 3. The van der Waals surface area contributed by atoms with E-state index in [1.54, 1.807) is 0 Å². The second kappa shape index (κ2) is 7.39. The van der Waals surface area contributed by atoms with Crippen LogP contribution in [0.4, 0.5) is 20.7 Å². The van der Waals surface area contributed by atoms with Gasteiger partial charge in [0.15, 0.2) is 0 Å². The smallest absolute Gasteiger partial charge is 0.325 e. The van der Waals surface area contributed by atoms with E-state index >= 15 is 0 Å². The quantitative estimate of drug-likeness (QED) is 0.858. The van der Waals surface area contributed by atoms with E-state index in [1.807, 2.05) is 32.0 Å². The van der Waals surface area contributed by atoms with Crippen molar-refractivity contribution in [2.45, 2.75) is 34.1 Å². The van der Waals surface area contributed by atoms with Crippen molar-refractivity contribution >= 4 is 33.3 Å². The molecule has 2 unspecified atom stereocenters. The molecule has 2 amide bonds. The molecule has 1 aliphatic rings. The molecule has 1 aromatic carbocycles. The standard InChI is InChI=1S/C18H25N5OS/c1-11-7-12(2)10-23(9-11)18-22-21-17(25-18)20-16(24)19-15-6-5-13(3)14(4)8-15/h5-6,8,11-12H,7,9-10H2,1-4H3,(H2,19,20,21,24). The Kier molecular flexibility index (Phi) is 5.22. The summed E-state index contributed by atoms with van der Waals surface area (Å²) in [6.45, 7) is 10.6. The van der Waals surface area contributed by atoms with E-state index in [9.17, 15) is 4.79 Å². The Morgan fingerprint density at radius 2 is 1.84 bits per heavy atom. The third-order valence-corrected chi connectivity index (χ3v) is 5.44. The van der Waals surface area contributed by atoms with Gasteiger partial charge < -0.3 is 10.2 Å². The van der Waals surface area contributed by atoms with Gasteiger partial charge in [-0.1, -0.05) is 31.3 Å². The average molecular weight is 359 g/mol. The van der Waals surface area contributed by atoms with Gasteiger partial charge in [0.2, 0.25) is 10.3 Å². The van der Waals surface area contributed by atoms with Gasteiger partial charge in [-0.2, -0.15) is 0 Å². The van der Waals surface area contributed by atoms with Crippen molar-refractivity contribution in [3.05, 3.63) is 29.3 Å². The first kappa shape index (κ1) is 17.7. The molecule has 0 radical (unpaired) electrons. The Hall–Kier alpha value is -2.15. The number of nitrogens with zero attached hydrogens (tertiary/aromatic N) is 3. The molecular formula is C18H25N5OS. The zero-order valence-corrected chi connectivity index (χ0v) is 16.0. The number of hydrogen-bond acceptors (Lipinski definition) is 5. The molecule has 2 aromatic rings. The van der Waals surface area contributed by atoms with Crippen LogP contribution in [0.1, 0.15) is 31.4 Å². The van der Waals surface area contributed by atoms with Crippen LogP contribution in [0.3, 0.4) is 0 Å². The molecule has 6 nitrogen and oxygen atoms in total. The molecule has 0 bridgehead atoms. The molecule has 2 atom stereocenters. The zero-order valence-electron chi connectivity index (χ0n) is 15.2. The molecule has 25 heavy (non-hydrogen) atoms. The fraction of sp³-hybridized carbons (Fsp3) is 0.500. The number of hydrogen-bond donors (Lipinski definition) is 2. The van der Waals surface area contributed by atoms with Gasteiger partial charge in [-0.05, 0) is 55.4 Å². The third kappa shape index (κ3) is 4.48. The van der Waals surface area contributed by atoms with Crippen LogP contribution in [0, 0.1) is 25.7 Å². The van der Waals surface area contributed by atoms with Crippen molar-refractivity contribution in [1.82, 2.24) is 10.2 Å². The van der Waals surface area contributed by atoms with Crippen LogP contribution in [0.15, 0.2) is 18.2 Å². The first-order chi connectivity index (χ1) is 11.9. The van der Waals surface area contributed by atoms with Crippen molar-refractivity contribution in [3.8, 4) is 0 Å². The highest BCUT2D eigenvalue weighted by atomic mass is 32.1. The van der Waals surface area contributed by atoms with E-state index in [2.05, 4.69) is 39.6 Å². The van der Waals surface area contributed by atoms with Crippen LogP contribution in [0.25, 0.3) is 0 Å². The van der Waals surface area contributed by atoms with Crippen LogP contribution < -0.4 is 15.5 Å². The SMILES string of the molecule is Cc1ccc(NC(=O)Nc2nnc(N3CC(C)CC(C)C3)s2)cc1C. The number of carbonyl (C=O) groups is 1. The predicted molar refractivity (Wildman–Crippen MR) is 104 cm³/mol. The lowest BCUT2D eigenvalue weighted by Gasteiger charge is -2.34. The normalized spacial score (nSPS) is 20.4. The summed E-state index contributed by atoms with van der Waals surface area (Å²) in [6.07, 6.45) is 1.25. The number of amides is 2. The Bertz CT molecular complexity index is 750. The van der Waals surface area contributed by atoms with E-state index in [0.29, 0.717) is 17.0 Å². The summed E-state index contributed by atoms with van der Waals surface area (Å²) in [5.41, 5.74) is 3.11. The molecule has 1 aromatic heterocycles. The van der Waals surface area contributed by atoms with Crippen molar-refractivity contribution in [2.75, 3.05) is 28.6 Å². The highest BCUT2D eigenvalue weighted by molar-refractivity contribution is 7.19. The zero-order chi connectivity index (χ0) is 18.0. The number of nitrogens with one attached hydrogen (secondary N) is 2. The summed E-state index contributed by atoms with van der Waals surface area (Å²) in [6, 6.07) is 5.54. The summed E-state index contributed by atoms with van der Waals surface area (Å²) in [7, 11) is 0. The maximum atomic E-state index is 12.2. The largest absolute Gasteiger partial charge is 0.346 e. The van der Waals surface area contributed by atoms with E-state index in [1.165, 1.54) is 23.3 Å². The molecule has 2 heterocycles. The number of piperidine rings is 1. The van der Waals surface area contributed by atoms with Crippen molar-refractivity contribution in [3.63, 3.8) is 0 Å². The number of urea groups is 1. The van der Waals surface area contributed by atoms with Gasteiger partial charge in [-0.3, -0.25) is 5.32 Å². The molecule has 1 aliphatic heterocycles. The molecule has 0 aliphatic carbocycles. The minimum atomic E-state index is -0.300. The number of aryl methyl sites for hydroxylation is 2. The van der Waals surface area contributed by atoms with Crippen molar-refractivity contribution in [1.29, 1.82) is 0 Å². The molecule has 1 saturated heterocycles. The maximum Gasteiger partial charge on any atom is 0.325 e. The van der Waals surface area contributed by atoms with Gasteiger partial charge in [-0.15, -0.1) is 10.2 Å². The highest BCUT2D eigenvalue weighted by Gasteiger charge is 2.24. The summed E-state index contributed by atoms with van der Waals surface area (Å²) in [5.74, 6) is 1.30. The fourth-order valence-electron chi connectivity index (χ4n) is 3.29. The van der Waals surface area contributed by atoms with E-state index in [0.717, 1.165) is 29.5 Å². The minimum Gasteiger partial charge on any atom is -0.346 e. The van der Waals surface area contributed by atoms with Gasteiger partial charge in [-0.25, -0.2) is 4.79 Å². The predicted octanol–water partition coefficient (Wildman–Crippen LogP) is 4.28. The second-order valence-corrected chi connectivity index (χ2v) is 8.07. The number of carbonyl (C=O) groups excluding carboxylic acids is 1. The summed E-state index contributed by atoms with van der Waals surface area (Å²) >= 11 is 1.42. The Balaban J connectivity index is 1.60. The molecular weight excluding hydrogens is 334 g/mol. The monoisotopic (exact) mass is 359 g/mol. The lowest BCUT2D eigenvalue weighted by atomic mass is 9.92. The van der Waals surface area contributed by atoms with Crippen molar-refractivity contribution in [2.24, 2.45) is 11.8 Å². The minimum absolute atomic E-state index is 0.300. The Morgan fingerprint density at radius 1 is 1.12 bits per heavy atom. The molecule has 3 rings (SSSR count). The third-order valence-electron chi connectivity index (χ3n) is 4.54. The van der Waals surface area contributed by atoms with Gasteiger partial charge in [0.1, 0.15) is 0 Å². The average Bonchev–Trinajstić information content (AvgIpc) is 2.98. The van der Waals surface area contributed by atoms with E-state index < -0.39 is 0 Å². The topological polar surface area (TPSA) is 70.1 Å². The molecule has 134 valence electrons. The lowest BCUT2D eigenvalue weighted by Crippen LogP contribution is -2.38. The number of aromatic nitrogens is 2. The van der Waals surface area contributed by atoms with Crippen LogP contribution in [-0.2, 0) is 0 Å². The van der Waals surface area contributed by atoms with Gasteiger partial charge in [0, 0.05) is 18.8 Å². The van der Waals surface area contributed by atoms with Gasteiger partial charge in [0.25, 0.3) is 0 Å². The van der Waals surface area contributed by atoms with Gasteiger partial charge in [0.05, 0.1) is 0 Å².